The fourth-order valence-corrected chi connectivity index (χ4v) is 3.01. The minimum atomic E-state index is 0.762. The molecule has 2 nitrogen and oxygen atoms in total. The van der Waals surface area contributed by atoms with Crippen molar-refractivity contribution >= 4 is 0 Å². The molecule has 0 saturated carbocycles. The Morgan fingerprint density at radius 1 is 1.41 bits per heavy atom. The van der Waals surface area contributed by atoms with Crippen molar-refractivity contribution in [2.75, 3.05) is 27.2 Å². The molecule has 2 heteroatoms. The maximum Gasteiger partial charge on any atom is 0.105 e. The summed E-state index contributed by atoms with van der Waals surface area (Å²) < 4.78 is 0. The first-order valence-electron chi connectivity index (χ1n) is 7.41. The van der Waals surface area contributed by atoms with Crippen LogP contribution in [0.25, 0.3) is 0 Å². The molecule has 2 atom stereocenters. The van der Waals surface area contributed by atoms with Gasteiger partial charge in [-0.3, -0.25) is 0 Å². The van der Waals surface area contributed by atoms with Gasteiger partial charge in [0, 0.05) is 12.8 Å². The van der Waals surface area contributed by atoms with E-state index in [0.29, 0.717) is 0 Å². The van der Waals surface area contributed by atoms with E-state index < -0.39 is 0 Å². The van der Waals surface area contributed by atoms with E-state index in [-0.39, 0.29) is 0 Å². The highest BCUT2D eigenvalue weighted by atomic mass is 15.1. The molecule has 0 saturated heterocycles. The highest BCUT2D eigenvalue weighted by Gasteiger charge is 2.21. The van der Waals surface area contributed by atoms with Gasteiger partial charge in [-0.2, -0.15) is 0 Å². The third-order valence-electron chi connectivity index (χ3n) is 3.76. The average molecular weight is 240 g/mol. The van der Waals surface area contributed by atoms with Crippen LogP contribution in [0, 0.1) is 5.92 Å². The Hall–Kier alpha value is -0.340. The van der Waals surface area contributed by atoms with Crippen LogP contribution in [0.3, 0.4) is 0 Å². The molecule has 0 amide bonds. The number of quaternary nitrogens is 2. The number of nitrogens with one attached hydrogen (secondary N) is 1. The minimum Gasteiger partial charge on any atom is -0.340 e. The normalized spacial score (nSPS) is 25.1. The van der Waals surface area contributed by atoms with Gasteiger partial charge in [0.2, 0.25) is 0 Å². The summed E-state index contributed by atoms with van der Waals surface area (Å²) in [6, 6.07) is 0.762. The van der Waals surface area contributed by atoms with Crippen LogP contribution in [0.4, 0.5) is 0 Å². The quantitative estimate of drug-likeness (QED) is 0.481. The number of hydrogen-bond acceptors (Lipinski definition) is 0. The number of allylic oxidation sites excluding steroid dienone is 1. The molecule has 0 aromatic rings. The van der Waals surface area contributed by atoms with Gasteiger partial charge in [-0.05, 0) is 25.3 Å². The summed E-state index contributed by atoms with van der Waals surface area (Å²) in [5.74, 6) is 0.950. The predicted octanol–water partition coefficient (Wildman–Crippen LogP) is 0.609. The van der Waals surface area contributed by atoms with Crippen LogP contribution in [0.15, 0.2) is 11.6 Å². The molecule has 100 valence electrons. The monoisotopic (exact) mass is 240 g/mol. The predicted molar refractivity (Wildman–Crippen MR) is 74.3 cm³/mol. The van der Waals surface area contributed by atoms with Gasteiger partial charge in [-0.25, -0.2) is 0 Å². The Balaban J connectivity index is 2.25. The first-order chi connectivity index (χ1) is 8.11. The van der Waals surface area contributed by atoms with Crippen molar-refractivity contribution in [1.82, 2.24) is 0 Å². The summed E-state index contributed by atoms with van der Waals surface area (Å²) >= 11 is 0. The zero-order valence-electron chi connectivity index (χ0n) is 12.3. The zero-order chi connectivity index (χ0) is 12.7. The van der Waals surface area contributed by atoms with Crippen molar-refractivity contribution in [3.05, 3.63) is 11.6 Å². The smallest absolute Gasteiger partial charge is 0.105 e. The van der Waals surface area contributed by atoms with Gasteiger partial charge < -0.3 is 10.2 Å². The highest BCUT2D eigenvalue weighted by molar-refractivity contribution is 5.07. The summed E-state index contributed by atoms with van der Waals surface area (Å²) in [4.78, 5) is 1.57. The Labute approximate surface area is 107 Å². The number of nitrogens with two attached hydrogens (primary N) is 1. The van der Waals surface area contributed by atoms with Gasteiger partial charge in [0.05, 0.1) is 27.2 Å². The molecule has 0 aromatic carbocycles. The molecule has 0 unspecified atom stereocenters. The topological polar surface area (TPSA) is 21.1 Å². The lowest BCUT2D eigenvalue weighted by molar-refractivity contribution is -0.860. The zero-order valence-corrected chi connectivity index (χ0v) is 12.3. The Bertz CT molecular complexity index is 233. The van der Waals surface area contributed by atoms with Crippen LogP contribution in [0.5, 0.6) is 0 Å². The second-order valence-corrected chi connectivity index (χ2v) is 6.11. The first-order valence-corrected chi connectivity index (χ1v) is 7.41. The fraction of sp³-hybridized carbons (Fsp3) is 0.867. The van der Waals surface area contributed by atoms with E-state index >= 15 is 0 Å². The molecule has 0 bridgehead atoms. The van der Waals surface area contributed by atoms with Crippen molar-refractivity contribution in [3.63, 3.8) is 0 Å². The molecule has 17 heavy (non-hydrogen) atoms. The van der Waals surface area contributed by atoms with E-state index in [1.165, 1.54) is 45.2 Å². The first kappa shape index (κ1) is 14.7. The third-order valence-corrected chi connectivity index (χ3v) is 3.76. The van der Waals surface area contributed by atoms with Gasteiger partial charge in [0.1, 0.15) is 6.04 Å². The van der Waals surface area contributed by atoms with E-state index in [2.05, 4.69) is 39.3 Å². The molecule has 1 aliphatic rings. The second kappa shape index (κ2) is 7.88. The molecule has 0 aliphatic heterocycles. The molecular weight excluding hydrogens is 208 g/mol. The van der Waals surface area contributed by atoms with Gasteiger partial charge >= 0.3 is 0 Å². The maximum absolute atomic E-state index is 2.56. The van der Waals surface area contributed by atoms with Gasteiger partial charge in [0.15, 0.2) is 0 Å². The lowest BCUT2D eigenvalue weighted by Gasteiger charge is -2.26. The number of rotatable bonds is 7. The van der Waals surface area contributed by atoms with Crippen LogP contribution in [-0.2, 0) is 0 Å². The molecule has 0 heterocycles. The highest BCUT2D eigenvalue weighted by Crippen LogP contribution is 2.26. The SMILES string of the molecule is CCC[C@@H]1CC(C)=C[C@H]([NH2+]CCC[NH+](C)C)C1. The molecule has 0 spiro atoms. The van der Waals surface area contributed by atoms with Crippen molar-refractivity contribution in [3.8, 4) is 0 Å². The van der Waals surface area contributed by atoms with E-state index in [1.807, 2.05) is 0 Å². The van der Waals surface area contributed by atoms with Gasteiger partial charge in [-0.15, -0.1) is 0 Å². The summed E-state index contributed by atoms with van der Waals surface area (Å²) in [5.41, 5.74) is 1.62. The van der Waals surface area contributed by atoms with Crippen molar-refractivity contribution < 1.29 is 10.2 Å². The largest absolute Gasteiger partial charge is 0.340 e. The summed E-state index contributed by atoms with van der Waals surface area (Å²) in [5, 5.41) is 2.56. The minimum absolute atomic E-state index is 0.762. The summed E-state index contributed by atoms with van der Waals surface area (Å²) in [7, 11) is 4.48. The van der Waals surface area contributed by atoms with E-state index in [9.17, 15) is 0 Å². The molecule has 3 N–H and O–H groups in total. The second-order valence-electron chi connectivity index (χ2n) is 6.11. The molecule has 0 radical (unpaired) electrons. The molecular formula is C15H32N2+2. The Morgan fingerprint density at radius 2 is 2.18 bits per heavy atom. The third kappa shape index (κ3) is 6.23. The van der Waals surface area contributed by atoms with Gasteiger partial charge in [-0.1, -0.05) is 25.3 Å². The van der Waals surface area contributed by atoms with E-state index in [4.69, 9.17) is 0 Å². The Morgan fingerprint density at radius 3 is 2.82 bits per heavy atom. The molecule has 1 rings (SSSR count). The van der Waals surface area contributed by atoms with Crippen LogP contribution >= 0.6 is 0 Å². The van der Waals surface area contributed by atoms with Crippen LogP contribution in [0.2, 0.25) is 0 Å². The molecule has 0 fully saturated rings. The molecule has 1 aliphatic carbocycles. The van der Waals surface area contributed by atoms with Crippen molar-refractivity contribution in [2.24, 2.45) is 5.92 Å². The Kier molecular flexibility index (Phi) is 6.83. The summed E-state index contributed by atoms with van der Waals surface area (Å²) in [6.45, 7) is 7.21. The van der Waals surface area contributed by atoms with Crippen LogP contribution < -0.4 is 10.2 Å². The number of hydrogen-bond donors (Lipinski definition) is 2. The summed E-state index contributed by atoms with van der Waals surface area (Å²) in [6.07, 6.45) is 9.35. The fourth-order valence-electron chi connectivity index (χ4n) is 3.01. The van der Waals surface area contributed by atoms with Gasteiger partial charge in [0.25, 0.3) is 0 Å². The maximum atomic E-state index is 2.56. The molecule has 0 aromatic heterocycles. The van der Waals surface area contributed by atoms with Crippen LogP contribution in [0.1, 0.15) is 46.0 Å². The average Bonchev–Trinajstić information content (AvgIpc) is 2.24. The van der Waals surface area contributed by atoms with Crippen molar-refractivity contribution in [1.29, 1.82) is 0 Å². The standard InChI is InChI=1S/C15H30N2/c1-5-7-14-10-13(2)11-15(12-14)16-8-6-9-17(3)4/h11,14-16H,5-10,12H2,1-4H3/p+2/t14-,15+/m1/s1. The van der Waals surface area contributed by atoms with Crippen LogP contribution in [-0.4, -0.2) is 33.2 Å². The van der Waals surface area contributed by atoms with Crippen molar-refractivity contribution in [2.45, 2.75) is 52.0 Å². The lowest BCUT2D eigenvalue weighted by Crippen LogP contribution is -3.06. The van der Waals surface area contributed by atoms with E-state index in [1.54, 1.807) is 10.5 Å². The lowest BCUT2D eigenvalue weighted by atomic mass is 9.84. The van der Waals surface area contributed by atoms with E-state index in [0.717, 1.165) is 12.0 Å².